The molecule has 0 radical (unpaired) electrons. The van der Waals surface area contributed by atoms with Gasteiger partial charge in [0.05, 0.1) is 21.3 Å². The van der Waals surface area contributed by atoms with Crippen LogP contribution in [0.5, 0.6) is 5.75 Å². The van der Waals surface area contributed by atoms with Gasteiger partial charge in [-0.2, -0.15) is 5.10 Å². The van der Waals surface area contributed by atoms with Gasteiger partial charge in [-0.15, -0.1) is 0 Å². The van der Waals surface area contributed by atoms with Crippen LogP contribution in [0.15, 0.2) is 102 Å². The summed E-state index contributed by atoms with van der Waals surface area (Å²) in [5, 5.41) is 9.70. The molecule has 0 bridgehead atoms. The molecule has 5 rings (SSSR count). The zero-order valence-corrected chi connectivity index (χ0v) is 27.0. The van der Waals surface area contributed by atoms with Crippen molar-refractivity contribution in [3.05, 3.63) is 134 Å². The molecular formula is C34H28Cl4N4O3. The first-order chi connectivity index (χ1) is 21.7. The summed E-state index contributed by atoms with van der Waals surface area (Å²) >= 11 is 24.5. The molecule has 2 amide bonds. The summed E-state index contributed by atoms with van der Waals surface area (Å²) < 4.78 is 7.82. The normalized spacial score (nSPS) is 12.6. The number of nitrogens with zero attached hydrogens (tertiary/aromatic N) is 2. The lowest BCUT2D eigenvalue weighted by Gasteiger charge is -2.21. The molecule has 0 saturated heterocycles. The minimum atomic E-state index is -0.945. The van der Waals surface area contributed by atoms with Crippen LogP contribution in [-0.4, -0.2) is 34.7 Å². The first-order valence-corrected chi connectivity index (χ1v) is 15.5. The van der Waals surface area contributed by atoms with Gasteiger partial charge in [-0.3, -0.25) is 9.59 Å². The van der Waals surface area contributed by atoms with Crippen LogP contribution in [0.2, 0.25) is 20.1 Å². The Morgan fingerprint density at radius 3 is 2.36 bits per heavy atom. The molecule has 1 heterocycles. The van der Waals surface area contributed by atoms with Crippen molar-refractivity contribution in [2.75, 3.05) is 0 Å². The maximum Gasteiger partial charge on any atom is 0.262 e. The third-order valence-corrected chi connectivity index (χ3v) is 8.29. The van der Waals surface area contributed by atoms with E-state index in [0.717, 1.165) is 27.6 Å². The molecule has 0 spiro atoms. The predicted octanol–water partition coefficient (Wildman–Crippen LogP) is 7.95. The van der Waals surface area contributed by atoms with Gasteiger partial charge in [-0.25, -0.2) is 5.43 Å². The number of aromatic nitrogens is 1. The van der Waals surface area contributed by atoms with Crippen LogP contribution in [0.25, 0.3) is 10.9 Å². The summed E-state index contributed by atoms with van der Waals surface area (Å²) in [6.45, 7) is 2.13. The summed E-state index contributed by atoms with van der Waals surface area (Å²) in [4.78, 5) is 26.5. The molecule has 45 heavy (non-hydrogen) atoms. The molecule has 0 fully saturated rings. The number of para-hydroxylation sites is 1. The first kappa shape index (κ1) is 32.4. The highest BCUT2D eigenvalue weighted by Gasteiger charge is 2.25. The van der Waals surface area contributed by atoms with Crippen molar-refractivity contribution in [3.63, 3.8) is 0 Å². The number of carbonyl (C=O) groups excluding carboxylic acids is 2. The zero-order chi connectivity index (χ0) is 31.9. The Bertz CT molecular complexity index is 1860. The molecule has 0 saturated carbocycles. The number of carbonyl (C=O) groups is 2. The molecule has 11 heteroatoms. The first-order valence-electron chi connectivity index (χ1n) is 14.0. The average Bonchev–Trinajstić information content (AvgIpc) is 3.37. The van der Waals surface area contributed by atoms with Crippen molar-refractivity contribution < 1.29 is 14.3 Å². The van der Waals surface area contributed by atoms with Crippen LogP contribution in [-0.2, 0) is 22.6 Å². The van der Waals surface area contributed by atoms with Gasteiger partial charge in [0, 0.05) is 40.7 Å². The maximum absolute atomic E-state index is 13.4. The Balaban J connectivity index is 1.31. The highest BCUT2D eigenvalue weighted by molar-refractivity contribution is 6.42. The molecular weight excluding hydrogens is 654 g/mol. The van der Waals surface area contributed by atoms with E-state index in [2.05, 4.69) is 20.4 Å². The van der Waals surface area contributed by atoms with E-state index in [0.29, 0.717) is 27.4 Å². The Morgan fingerprint density at radius 1 is 0.844 bits per heavy atom. The lowest BCUT2D eigenvalue weighted by Crippen LogP contribution is -2.50. The second kappa shape index (κ2) is 14.8. The number of fused-ring (bicyclic) bond motifs is 1. The average molecular weight is 682 g/mol. The highest BCUT2D eigenvalue weighted by Crippen LogP contribution is 2.28. The molecule has 5 aromatic rings. The largest absolute Gasteiger partial charge is 0.479 e. The van der Waals surface area contributed by atoms with Gasteiger partial charge >= 0.3 is 0 Å². The van der Waals surface area contributed by atoms with Crippen molar-refractivity contribution in [2.45, 2.75) is 32.0 Å². The lowest BCUT2D eigenvalue weighted by molar-refractivity contribution is -0.132. The number of hydrogen-bond acceptors (Lipinski definition) is 4. The fourth-order valence-electron chi connectivity index (χ4n) is 4.75. The minimum Gasteiger partial charge on any atom is -0.479 e. The molecule has 0 unspecified atom stereocenters. The van der Waals surface area contributed by atoms with Gasteiger partial charge in [0.25, 0.3) is 11.8 Å². The van der Waals surface area contributed by atoms with E-state index in [4.69, 9.17) is 51.1 Å². The third kappa shape index (κ3) is 8.38. The predicted molar refractivity (Wildman–Crippen MR) is 182 cm³/mol. The Labute approximate surface area is 280 Å². The zero-order valence-electron chi connectivity index (χ0n) is 24.0. The van der Waals surface area contributed by atoms with E-state index in [1.165, 1.54) is 6.07 Å². The SMILES string of the molecule is C[C@@H](Oc1ccc(Cl)cc1Cl)C(=O)N[C@@H](Cc1ccccc1)C(=O)N/N=C\c1cn(Cc2ccc(Cl)c(Cl)c2)c2ccccc12. The number of nitrogens with one attached hydrogen (secondary N) is 2. The lowest BCUT2D eigenvalue weighted by atomic mass is 10.1. The van der Waals surface area contributed by atoms with Gasteiger partial charge in [-0.1, -0.05) is 101 Å². The van der Waals surface area contributed by atoms with E-state index in [1.54, 1.807) is 31.3 Å². The van der Waals surface area contributed by atoms with Crippen LogP contribution in [0.4, 0.5) is 0 Å². The number of hydrogen-bond donors (Lipinski definition) is 2. The van der Waals surface area contributed by atoms with Crippen molar-refractivity contribution >= 4 is 75.3 Å². The molecule has 7 nitrogen and oxygen atoms in total. The van der Waals surface area contributed by atoms with Gasteiger partial charge in [-0.05, 0) is 54.4 Å². The Kier molecular flexibility index (Phi) is 10.7. The van der Waals surface area contributed by atoms with E-state index in [9.17, 15) is 9.59 Å². The molecule has 1 aromatic heterocycles. The van der Waals surface area contributed by atoms with Crippen molar-refractivity contribution in [2.24, 2.45) is 5.10 Å². The standard InChI is InChI=1S/C34H28Cl4N4O3/c1-21(45-32-14-12-25(35)17-29(32)38)33(43)40-30(16-22-7-3-2-4-8-22)34(44)41-39-18-24-20-42(31-10-6-5-9-26(24)31)19-23-11-13-27(36)28(37)15-23/h2-15,17-18,20-21,30H,16,19H2,1H3,(H,40,43)(H,41,44)/b39-18-/t21-,30+/m1/s1. The van der Waals surface area contributed by atoms with E-state index < -0.39 is 24.0 Å². The van der Waals surface area contributed by atoms with Crippen LogP contribution >= 0.6 is 46.4 Å². The fourth-order valence-corrected chi connectivity index (χ4v) is 5.52. The molecule has 0 aliphatic heterocycles. The molecule has 2 N–H and O–H groups in total. The number of halogens is 4. The summed E-state index contributed by atoms with van der Waals surface area (Å²) in [7, 11) is 0. The van der Waals surface area contributed by atoms with Crippen molar-refractivity contribution in [3.8, 4) is 5.75 Å². The number of amides is 2. The summed E-state index contributed by atoms with van der Waals surface area (Å²) in [6, 6.07) is 26.6. The number of hydrazone groups is 1. The molecule has 4 aromatic carbocycles. The summed E-state index contributed by atoms with van der Waals surface area (Å²) in [5.74, 6) is -0.679. The van der Waals surface area contributed by atoms with Gasteiger partial charge in [0.15, 0.2) is 6.10 Å². The van der Waals surface area contributed by atoms with Crippen LogP contribution in [0.1, 0.15) is 23.6 Å². The minimum absolute atomic E-state index is 0.241. The number of benzene rings is 4. The molecule has 0 aliphatic carbocycles. The second-order valence-corrected chi connectivity index (χ2v) is 12.0. The van der Waals surface area contributed by atoms with Crippen molar-refractivity contribution in [1.82, 2.24) is 15.3 Å². The monoisotopic (exact) mass is 680 g/mol. The molecule has 2 atom stereocenters. The van der Waals surface area contributed by atoms with Gasteiger partial charge in [0.1, 0.15) is 11.8 Å². The quantitative estimate of drug-likeness (QED) is 0.110. The third-order valence-electron chi connectivity index (χ3n) is 7.02. The van der Waals surface area contributed by atoms with E-state index >= 15 is 0 Å². The highest BCUT2D eigenvalue weighted by atomic mass is 35.5. The second-order valence-electron chi connectivity index (χ2n) is 10.3. The van der Waals surface area contributed by atoms with Crippen LogP contribution in [0, 0.1) is 0 Å². The summed E-state index contributed by atoms with van der Waals surface area (Å²) in [6.07, 6.45) is 2.83. The van der Waals surface area contributed by atoms with Crippen molar-refractivity contribution in [1.29, 1.82) is 0 Å². The van der Waals surface area contributed by atoms with Crippen LogP contribution in [0.3, 0.4) is 0 Å². The fraction of sp³-hybridized carbons (Fsp3) is 0.147. The molecule has 0 aliphatic rings. The molecule has 230 valence electrons. The van der Waals surface area contributed by atoms with Crippen LogP contribution < -0.4 is 15.5 Å². The van der Waals surface area contributed by atoms with Gasteiger partial charge in [0.2, 0.25) is 0 Å². The number of ether oxygens (including phenoxy) is 1. The smallest absolute Gasteiger partial charge is 0.262 e. The summed E-state index contributed by atoms with van der Waals surface area (Å²) in [5.41, 5.74) is 6.23. The maximum atomic E-state index is 13.4. The van der Waals surface area contributed by atoms with E-state index in [-0.39, 0.29) is 11.4 Å². The Hall–Kier alpha value is -4.01. The topological polar surface area (TPSA) is 84.7 Å². The number of rotatable bonds is 11. The Morgan fingerprint density at radius 2 is 1.60 bits per heavy atom. The van der Waals surface area contributed by atoms with E-state index in [1.807, 2.05) is 72.9 Å². The van der Waals surface area contributed by atoms with Gasteiger partial charge < -0.3 is 14.6 Å².